The lowest BCUT2D eigenvalue weighted by molar-refractivity contribution is 0.0948. The number of amides is 1. The topological polar surface area (TPSA) is 103 Å². The van der Waals surface area contributed by atoms with Crippen LogP contribution in [-0.2, 0) is 0 Å². The summed E-state index contributed by atoms with van der Waals surface area (Å²) in [4.78, 5) is 25.1. The predicted octanol–water partition coefficient (Wildman–Crippen LogP) is 4.09. The third kappa shape index (κ3) is 5.81. The maximum absolute atomic E-state index is 12.7. The van der Waals surface area contributed by atoms with Crippen molar-refractivity contribution in [3.8, 4) is 5.75 Å². The Hall–Kier alpha value is -2.89. The SMILES string of the molecule is CCCCCCCCNC(=O)c1cc(C(=O)c2cc(C)ccc2O)coc1=N. The third-order valence-corrected chi connectivity index (χ3v) is 4.57. The van der Waals surface area contributed by atoms with Crippen molar-refractivity contribution in [1.82, 2.24) is 5.32 Å². The van der Waals surface area contributed by atoms with E-state index in [1.165, 1.54) is 31.4 Å². The van der Waals surface area contributed by atoms with E-state index in [0.29, 0.717) is 6.54 Å². The normalized spacial score (nSPS) is 10.6. The van der Waals surface area contributed by atoms with Gasteiger partial charge < -0.3 is 14.8 Å². The van der Waals surface area contributed by atoms with E-state index in [4.69, 9.17) is 9.83 Å². The number of carbonyl (C=O) groups excluding carboxylic acids is 2. The van der Waals surface area contributed by atoms with E-state index in [2.05, 4.69) is 12.2 Å². The summed E-state index contributed by atoms with van der Waals surface area (Å²) in [5.41, 5.74) is 0.773. The molecule has 1 aromatic carbocycles. The van der Waals surface area contributed by atoms with Gasteiger partial charge in [-0.2, -0.15) is 0 Å². The van der Waals surface area contributed by atoms with Crippen molar-refractivity contribution in [2.24, 2.45) is 0 Å². The maximum atomic E-state index is 12.7. The van der Waals surface area contributed by atoms with Gasteiger partial charge >= 0.3 is 0 Å². The van der Waals surface area contributed by atoms with Gasteiger partial charge in [0.25, 0.3) is 5.91 Å². The van der Waals surface area contributed by atoms with E-state index in [1.807, 2.05) is 6.92 Å². The van der Waals surface area contributed by atoms with Gasteiger partial charge in [0.2, 0.25) is 5.55 Å². The summed E-state index contributed by atoms with van der Waals surface area (Å²) >= 11 is 0. The molecule has 6 heteroatoms. The second-order valence-corrected chi connectivity index (χ2v) is 6.95. The number of unbranched alkanes of at least 4 members (excludes halogenated alkanes) is 5. The minimum absolute atomic E-state index is 0.00368. The Morgan fingerprint density at radius 3 is 2.54 bits per heavy atom. The van der Waals surface area contributed by atoms with Crippen LogP contribution in [0.1, 0.15) is 77.3 Å². The molecule has 150 valence electrons. The Morgan fingerprint density at radius 1 is 1.07 bits per heavy atom. The number of phenols is 1. The molecule has 0 saturated heterocycles. The van der Waals surface area contributed by atoms with E-state index in [1.54, 1.807) is 12.1 Å². The van der Waals surface area contributed by atoms with Gasteiger partial charge in [-0.15, -0.1) is 0 Å². The summed E-state index contributed by atoms with van der Waals surface area (Å²) in [5, 5.41) is 20.6. The van der Waals surface area contributed by atoms with Gasteiger partial charge in [-0.05, 0) is 31.5 Å². The summed E-state index contributed by atoms with van der Waals surface area (Å²) in [6.45, 7) is 4.50. The van der Waals surface area contributed by atoms with Crippen LogP contribution in [0.5, 0.6) is 5.75 Å². The van der Waals surface area contributed by atoms with E-state index >= 15 is 0 Å². The highest BCUT2D eigenvalue weighted by molar-refractivity contribution is 6.11. The van der Waals surface area contributed by atoms with Gasteiger partial charge in [-0.1, -0.05) is 50.7 Å². The van der Waals surface area contributed by atoms with Gasteiger partial charge in [0.1, 0.15) is 17.6 Å². The number of nitrogens with one attached hydrogen (secondary N) is 2. The van der Waals surface area contributed by atoms with Gasteiger partial charge in [0.05, 0.1) is 11.1 Å². The van der Waals surface area contributed by atoms with Crippen LogP contribution in [0.3, 0.4) is 0 Å². The number of benzene rings is 1. The van der Waals surface area contributed by atoms with Crippen molar-refractivity contribution >= 4 is 11.7 Å². The quantitative estimate of drug-likeness (QED) is 0.424. The molecule has 0 aliphatic carbocycles. The van der Waals surface area contributed by atoms with Crippen LogP contribution in [0.4, 0.5) is 0 Å². The number of rotatable bonds is 10. The van der Waals surface area contributed by atoms with Gasteiger partial charge in [0.15, 0.2) is 5.78 Å². The summed E-state index contributed by atoms with van der Waals surface area (Å²) in [6, 6.07) is 6.06. The first kappa shape index (κ1) is 21.4. The zero-order chi connectivity index (χ0) is 20.5. The lowest BCUT2D eigenvalue weighted by Crippen LogP contribution is -2.29. The third-order valence-electron chi connectivity index (χ3n) is 4.57. The summed E-state index contributed by atoms with van der Waals surface area (Å²) in [6.07, 6.45) is 7.83. The molecule has 0 aliphatic rings. The monoisotopic (exact) mass is 384 g/mol. The standard InChI is InChI=1S/C22H28N2O4/c1-3-4-5-6-7-8-11-24-22(27)18-13-16(14-28-21(18)23)20(26)17-12-15(2)9-10-19(17)25/h9-10,12-14,23,25H,3-8,11H2,1-2H3,(H,24,27). The van der Waals surface area contributed by atoms with E-state index in [-0.39, 0.29) is 28.0 Å². The molecular formula is C22H28N2O4. The zero-order valence-corrected chi connectivity index (χ0v) is 16.5. The molecule has 1 heterocycles. The van der Waals surface area contributed by atoms with Crippen LogP contribution in [0.15, 0.2) is 34.9 Å². The fourth-order valence-corrected chi connectivity index (χ4v) is 2.92. The number of aromatic hydroxyl groups is 1. The second kappa shape index (κ2) is 10.4. The Kier molecular flexibility index (Phi) is 7.99. The molecule has 2 rings (SSSR count). The molecule has 0 fully saturated rings. The number of hydrogen-bond acceptors (Lipinski definition) is 5. The minimum atomic E-state index is -0.463. The highest BCUT2D eigenvalue weighted by Gasteiger charge is 2.18. The first-order valence-electron chi connectivity index (χ1n) is 9.74. The maximum Gasteiger partial charge on any atom is 0.256 e. The highest BCUT2D eigenvalue weighted by Crippen LogP contribution is 2.21. The van der Waals surface area contributed by atoms with E-state index in [9.17, 15) is 14.7 Å². The average molecular weight is 384 g/mol. The highest BCUT2D eigenvalue weighted by atomic mass is 16.3. The van der Waals surface area contributed by atoms with Crippen LogP contribution in [0.2, 0.25) is 0 Å². The van der Waals surface area contributed by atoms with Crippen LogP contribution < -0.4 is 10.9 Å². The molecule has 0 aliphatic heterocycles. The molecule has 2 aromatic rings. The molecule has 1 aromatic heterocycles. The Bertz CT molecular complexity index is 886. The molecule has 3 N–H and O–H groups in total. The number of hydrogen-bond donors (Lipinski definition) is 3. The number of ketones is 1. The fourth-order valence-electron chi connectivity index (χ4n) is 2.92. The van der Waals surface area contributed by atoms with Crippen molar-refractivity contribution in [3.05, 3.63) is 58.3 Å². The summed E-state index contributed by atoms with van der Waals surface area (Å²) < 4.78 is 5.10. The predicted molar refractivity (Wildman–Crippen MR) is 107 cm³/mol. The van der Waals surface area contributed by atoms with E-state index < -0.39 is 11.7 Å². The molecule has 0 atom stereocenters. The molecule has 1 amide bonds. The molecule has 28 heavy (non-hydrogen) atoms. The van der Waals surface area contributed by atoms with E-state index in [0.717, 1.165) is 31.1 Å². The smallest absolute Gasteiger partial charge is 0.256 e. The molecule has 0 radical (unpaired) electrons. The first-order valence-corrected chi connectivity index (χ1v) is 9.74. The van der Waals surface area contributed by atoms with Crippen molar-refractivity contribution in [2.45, 2.75) is 52.4 Å². The van der Waals surface area contributed by atoms with Crippen LogP contribution in [0, 0.1) is 12.3 Å². The number of phenolic OH excluding ortho intramolecular Hbond substituents is 1. The number of aryl methyl sites for hydroxylation is 1. The lowest BCUT2D eigenvalue weighted by atomic mass is 10.0. The van der Waals surface area contributed by atoms with Crippen molar-refractivity contribution < 1.29 is 19.1 Å². The molecule has 0 spiro atoms. The molecule has 0 saturated carbocycles. The Labute approximate surface area is 165 Å². The zero-order valence-electron chi connectivity index (χ0n) is 16.5. The Morgan fingerprint density at radius 2 is 1.79 bits per heavy atom. The number of carbonyl (C=O) groups is 2. The lowest BCUT2D eigenvalue weighted by Gasteiger charge is -2.08. The second-order valence-electron chi connectivity index (χ2n) is 6.95. The summed E-state index contributed by atoms with van der Waals surface area (Å²) in [5.74, 6) is -1.04. The van der Waals surface area contributed by atoms with Crippen LogP contribution >= 0.6 is 0 Å². The van der Waals surface area contributed by atoms with Crippen molar-refractivity contribution in [1.29, 1.82) is 5.41 Å². The van der Waals surface area contributed by atoms with Crippen LogP contribution in [-0.4, -0.2) is 23.3 Å². The molecule has 6 nitrogen and oxygen atoms in total. The molecular weight excluding hydrogens is 356 g/mol. The molecule has 0 bridgehead atoms. The Balaban J connectivity index is 2.04. The molecule has 0 unspecified atom stereocenters. The van der Waals surface area contributed by atoms with Gasteiger partial charge in [0, 0.05) is 6.54 Å². The largest absolute Gasteiger partial charge is 0.507 e. The van der Waals surface area contributed by atoms with Crippen LogP contribution in [0.25, 0.3) is 0 Å². The van der Waals surface area contributed by atoms with Crippen molar-refractivity contribution in [3.63, 3.8) is 0 Å². The first-order chi connectivity index (χ1) is 13.4. The van der Waals surface area contributed by atoms with Crippen molar-refractivity contribution in [2.75, 3.05) is 6.54 Å². The van der Waals surface area contributed by atoms with Gasteiger partial charge in [-0.3, -0.25) is 15.0 Å². The minimum Gasteiger partial charge on any atom is -0.507 e. The van der Waals surface area contributed by atoms with Gasteiger partial charge in [-0.25, -0.2) is 0 Å². The summed E-state index contributed by atoms with van der Waals surface area (Å²) in [7, 11) is 0. The fraction of sp³-hybridized carbons (Fsp3) is 0.409. The average Bonchev–Trinajstić information content (AvgIpc) is 2.68.